The maximum Gasteiger partial charge on any atom is 0.150 e. The average Bonchev–Trinajstić information content (AvgIpc) is 2.96. The van der Waals surface area contributed by atoms with Crippen LogP contribution in [0.3, 0.4) is 0 Å². The lowest BCUT2D eigenvalue weighted by Crippen LogP contribution is -2.15. The van der Waals surface area contributed by atoms with Crippen LogP contribution in [-0.2, 0) is 42.6 Å². The van der Waals surface area contributed by atoms with Crippen molar-refractivity contribution in [3.8, 4) is 5.75 Å². The van der Waals surface area contributed by atoms with Crippen LogP contribution in [0.1, 0.15) is 10.4 Å². The minimum atomic E-state index is -0.476. The number of hydrogen-bond donors (Lipinski definition) is 0. The molecule has 0 aliphatic carbocycles. The van der Waals surface area contributed by atoms with Crippen LogP contribution >= 0.6 is 0 Å². The van der Waals surface area contributed by atoms with Crippen LogP contribution in [0.15, 0.2) is 24.3 Å². The lowest BCUT2D eigenvalue weighted by atomic mass is 10.2. The molecule has 39 heavy (non-hydrogen) atoms. The van der Waals surface area contributed by atoms with Crippen molar-refractivity contribution in [3.63, 3.8) is 0 Å². The first-order valence-corrected chi connectivity index (χ1v) is 13.3. The maximum absolute atomic E-state index is 11.8. The number of ether oxygens (including phenoxy) is 10. The fourth-order valence-electron chi connectivity index (χ4n) is 2.78. The Kier molecular flexibility index (Phi) is 26.5. The van der Waals surface area contributed by atoms with Crippen molar-refractivity contribution in [1.82, 2.24) is 0 Å². The summed E-state index contributed by atoms with van der Waals surface area (Å²) in [7, 11) is 0. The van der Waals surface area contributed by atoms with E-state index in [1.807, 2.05) is 0 Å². The van der Waals surface area contributed by atoms with Crippen molar-refractivity contribution in [2.45, 2.75) is 0 Å². The number of carbonyl (C=O) groups is 1. The smallest absolute Gasteiger partial charge is 0.150 e. The lowest BCUT2D eigenvalue weighted by Gasteiger charge is -2.09. The van der Waals surface area contributed by atoms with E-state index >= 15 is 0 Å². The van der Waals surface area contributed by atoms with Crippen molar-refractivity contribution in [2.75, 3.05) is 132 Å². The van der Waals surface area contributed by atoms with E-state index in [0.717, 1.165) is 6.29 Å². The fourth-order valence-corrected chi connectivity index (χ4v) is 2.78. The van der Waals surface area contributed by atoms with Gasteiger partial charge in [-0.2, -0.15) is 0 Å². The standard InChI is InChI=1S/C27H45FO11/c28-5-6-30-7-8-31-9-10-32-11-12-33-13-14-34-15-16-35-17-18-36-19-20-37-21-22-38-23-24-39-27-3-1-26(25-29)2-4-27/h1-4,25H,5-24H2. The molecule has 0 amide bonds. The quantitative estimate of drug-likeness (QED) is 0.0976. The summed E-state index contributed by atoms with van der Waals surface area (Å²) in [5, 5.41) is 0. The molecular weight excluding hydrogens is 519 g/mol. The van der Waals surface area contributed by atoms with Crippen LogP contribution in [0.5, 0.6) is 5.75 Å². The Hall–Kier alpha value is -1.74. The van der Waals surface area contributed by atoms with Gasteiger partial charge in [-0.25, -0.2) is 4.39 Å². The Morgan fingerprint density at radius 1 is 0.436 bits per heavy atom. The van der Waals surface area contributed by atoms with Gasteiger partial charge in [0, 0.05) is 5.56 Å². The summed E-state index contributed by atoms with van der Waals surface area (Å²) in [6, 6.07) is 6.92. The fraction of sp³-hybridized carbons (Fsp3) is 0.741. The zero-order valence-corrected chi connectivity index (χ0v) is 22.9. The SMILES string of the molecule is O=Cc1ccc(OCCOCCOCCOCCOCCOCCOCCOCCOCCOCCF)cc1. The van der Waals surface area contributed by atoms with Gasteiger partial charge in [-0.1, -0.05) is 0 Å². The van der Waals surface area contributed by atoms with Crippen molar-refractivity contribution < 1.29 is 56.6 Å². The molecule has 0 fully saturated rings. The molecule has 0 saturated carbocycles. The third-order valence-corrected chi connectivity index (χ3v) is 4.71. The predicted octanol–water partition coefficient (Wildman–Crippen LogP) is 2.00. The number of hydrogen-bond acceptors (Lipinski definition) is 11. The highest BCUT2D eigenvalue weighted by Crippen LogP contribution is 2.10. The molecule has 0 atom stereocenters. The van der Waals surface area contributed by atoms with Crippen molar-refractivity contribution in [1.29, 1.82) is 0 Å². The molecule has 1 aromatic rings. The first-order valence-electron chi connectivity index (χ1n) is 13.3. The zero-order valence-electron chi connectivity index (χ0n) is 22.9. The molecule has 0 saturated heterocycles. The van der Waals surface area contributed by atoms with Gasteiger partial charge < -0.3 is 47.4 Å². The normalized spacial score (nSPS) is 11.2. The number of rotatable bonds is 31. The molecule has 1 aromatic carbocycles. The van der Waals surface area contributed by atoms with Crippen molar-refractivity contribution >= 4 is 6.29 Å². The molecule has 0 unspecified atom stereocenters. The minimum Gasteiger partial charge on any atom is -0.491 e. The molecule has 0 radical (unpaired) electrons. The third-order valence-electron chi connectivity index (χ3n) is 4.71. The zero-order chi connectivity index (χ0) is 27.9. The summed E-state index contributed by atoms with van der Waals surface area (Å²) in [6.07, 6.45) is 0.795. The summed E-state index contributed by atoms with van der Waals surface area (Å²) in [5.74, 6) is 0.701. The van der Waals surface area contributed by atoms with E-state index in [1.165, 1.54) is 0 Å². The molecule has 0 spiro atoms. The molecule has 226 valence electrons. The molecule has 1 rings (SSSR count). The van der Waals surface area contributed by atoms with Crippen LogP contribution in [0.25, 0.3) is 0 Å². The highest BCUT2D eigenvalue weighted by Gasteiger charge is 1.97. The molecule has 0 N–H and O–H groups in total. The Morgan fingerprint density at radius 3 is 1.00 bits per heavy atom. The number of aldehydes is 1. The summed E-state index contributed by atoms with van der Waals surface area (Å²) in [6.45, 7) is 8.16. The van der Waals surface area contributed by atoms with Gasteiger partial charge >= 0.3 is 0 Å². The Labute approximate surface area is 231 Å². The van der Waals surface area contributed by atoms with E-state index in [2.05, 4.69) is 0 Å². The molecule has 0 aromatic heterocycles. The number of carbonyl (C=O) groups excluding carboxylic acids is 1. The van der Waals surface area contributed by atoms with E-state index in [0.29, 0.717) is 130 Å². The van der Waals surface area contributed by atoms with Crippen LogP contribution in [0.4, 0.5) is 4.39 Å². The topological polar surface area (TPSA) is 109 Å². The Bertz CT molecular complexity index is 637. The molecule has 12 heteroatoms. The first kappa shape index (κ1) is 35.3. The number of benzene rings is 1. The Morgan fingerprint density at radius 2 is 0.718 bits per heavy atom. The number of halogens is 1. The average molecular weight is 565 g/mol. The van der Waals surface area contributed by atoms with Crippen LogP contribution in [0.2, 0.25) is 0 Å². The maximum atomic E-state index is 11.8. The monoisotopic (exact) mass is 564 g/mol. The van der Waals surface area contributed by atoms with Gasteiger partial charge in [0.2, 0.25) is 0 Å². The van der Waals surface area contributed by atoms with E-state index in [9.17, 15) is 9.18 Å². The minimum absolute atomic E-state index is 0.111. The van der Waals surface area contributed by atoms with Gasteiger partial charge in [-0.05, 0) is 24.3 Å². The predicted molar refractivity (Wildman–Crippen MR) is 141 cm³/mol. The molecule has 0 aliphatic heterocycles. The highest BCUT2D eigenvalue weighted by atomic mass is 19.1. The summed E-state index contributed by atoms with van der Waals surface area (Å²) in [4.78, 5) is 10.6. The molecule has 0 aliphatic rings. The second-order valence-electron chi connectivity index (χ2n) is 7.74. The lowest BCUT2D eigenvalue weighted by molar-refractivity contribution is -0.0255. The van der Waals surface area contributed by atoms with Gasteiger partial charge in [-0.3, -0.25) is 4.79 Å². The van der Waals surface area contributed by atoms with Gasteiger partial charge in [0.05, 0.1) is 119 Å². The van der Waals surface area contributed by atoms with Crippen LogP contribution in [-0.4, -0.2) is 138 Å². The van der Waals surface area contributed by atoms with E-state index < -0.39 is 6.67 Å². The molecule has 0 heterocycles. The summed E-state index contributed by atoms with van der Waals surface area (Å²) >= 11 is 0. The van der Waals surface area contributed by atoms with Crippen LogP contribution < -0.4 is 4.74 Å². The summed E-state index contributed by atoms with van der Waals surface area (Å²) in [5.41, 5.74) is 0.616. The number of alkyl halides is 1. The second-order valence-corrected chi connectivity index (χ2v) is 7.74. The van der Waals surface area contributed by atoms with Gasteiger partial charge in [0.1, 0.15) is 25.3 Å². The van der Waals surface area contributed by atoms with Gasteiger partial charge in [0.25, 0.3) is 0 Å². The van der Waals surface area contributed by atoms with Gasteiger partial charge in [0.15, 0.2) is 0 Å². The first-order chi connectivity index (χ1) is 19.4. The van der Waals surface area contributed by atoms with Gasteiger partial charge in [-0.15, -0.1) is 0 Å². The van der Waals surface area contributed by atoms with E-state index in [-0.39, 0.29) is 6.61 Å². The van der Waals surface area contributed by atoms with E-state index in [1.54, 1.807) is 24.3 Å². The van der Waals surface area contributed by atoms with Crippen molar-refractivity contribution in [2.24, 2.45) is 0 Å². The van der Waals surface area contributed by atoms with Crippen LogP contribution in [0, 0.1) is 0 Å². The Balaban J connectivity index is 1.66. The van der Waals surface area contributed by atoms with Crippen molar-refractivity contribution in [3.05, 3.63) is 29.8 Å². The molecular formula is C27H45FO11. The highest BCUT2D eigenvalue weighted by molar-refractivity contribution is 5.74. The second kappa shape index (κ2) is 29.2. The molecule has 0 bridgehead atoms. The summed E-state index contributed by atoms with van der Waals surface area (Å²) < 4.78 is 65.5. The van der Waals surface area contributed by atoms with E-state index in [4.69, 9.17) is 47.4 Å². The molecule has 11 nitrogen and oxygen atoms in total. The third kappa shape index (κ3) is 25.0. The largest absolute Gasteiger partial charge is 0.491 e.